The normalized spacial score (nSPS) is 15.5. The number of aryl methyl sites for hydroxylation is 1. The minimum atomic E-state index is -0.155. The summed E-state index contributed by atoms with van der Waals surface area (Å²) < 4.78 is 6.60. The zero-order chi connectivity index (χ0) is 16.2. The van der Waals surface area contributed by atoms with Gasteiger partial charge < -0.3 is 14.4 Å². The first-order valence-corrected chi connectivity index (χ1v) is 7.91. The molecule has 122 valence electrons. The molecule has 3 rings (SSSR count). The number of aromatic nitrogens is 3. The summed E-state index contributed by atoms with van der Waals surface area (Å²) in [5.74, 6) is 0.491. The molecule has 1 aliphatic rings. The van der Waals surface area contributed by atoms with Crippen molar-refractivity contribution in [2.75, 3.05) is 0 Å². The third-order valence-electron chi connectivity index (χ3n) is 4.11. The maximum atomic E-state index is 12.0. The molecule has 7 nitrogen and oxygen atoms in total. The highest BCUT2D eigenvalue weighted by Gasteiger charge is 2.18. The van der Waals surface area contributed by atoms with Crippen molar-refractivity contribution in [3.63, 3.8) is 0 Å². The number of hydrogen-bond donors (Lipinski definition) is 1. The number of carbonyl (C=O) groups is 1. The van der Waals surface area contributed by atoms with E-state index in [1.54, 1.807) is 19.3 Å². The maximum Gasteiger partial charge on any atom is 0.258 e. The van der Waals surface area contributed by atoms with Crippen LogP contribution in [0.2, 0.25) is 0 Å². The molecule has 2 heterocycles. The Balaban J connectivity index is 1.63. The zero-order valence-electron chi connectivity index (χ0n) is 13.1. The van der Waals surface area contributed by atoms with E-state index in [1.807, 2.05) is 0 Å². The average molecular weight is 316 g/mol. The second-order valence-electron chi connectivity index (χ2n) is 5.96. The molecule has 1 fully saturated rings. The van der Waals surface area contributed by atoms with Gasteiger partial charge in [-0.05, 0) is 18.9 Å². The highest BCUT2D eigenvalue weighted by atomic mass is 16.5. The molecule has 7 heteroatoms. The molecule has 23 heavy (non-hydrogen) atoms. The van der Waals surface area contributed by atoms with Gasteiger partial charge in [-0.3, -0.25) is 9.59 Å². The zero-order valence-corrected chi connectivity index (χ0v) is 13.1. The van der Waals surface area contributed by atoms with E-state index < -0.39 is 0 Å². The van der Waals surface area contributed by atoms with Crippen LogP contribution in [0.4, 0.5) is 0 Å². The van der Waals surface area contributed by atoms with E-state index in [4.69, 9.17) is 4.52 Å². The summed E-state index contributed by atoms with van der Waals surface area (Å²) in [6.07, 6.45) is 7.38. The van der Waals surface area contributed by atoms with Crippen molar-refractivity contribution in [1.29, 1.82) is 0 Å². The van der Waals surface area contributed by atoms with Crippen molar-refractivity contribution in [3.8, 4) is 11.5 Å². The molecule has 0 unspecified atom stereocenters. The fourth-order valence-corrected chi connectivity index (χ4v) is 2.79. The van der Waals surface area contributed by atoms with Crippen LogP contribution >= 0.6 is 0 Å². The molecular formula is C16H20N4O3. The second kappa shape index (κ2) is 6.76. The lowest BCUT2D eigenvalue weighted by atomic mass is 9.95. The number of amides is 1. The number of hydrogen-bond acceptors (Lipinski definition) is 5. The van der Waals surface area contributed by atoms with E-state index in [2.05, 4.69) is 15.5 Å². The van der Waals surface area contributed by atoms with Gasteiger partial charge in [0, 0.05) is 30.9 Å². The Morgan fingerprint density at radius 2 is 2.17 bits per heavy atom. The average Bonchev–Trinajstić information content (AvgIpc) is 2.99. The Labute approximate surface area is 133 Å². The Hall–Kier alpha value is -2.44. The van der Waals surface area contributed by atoms with Crippen LogP contribution in [0, 0.1) is 0 Å². The third-order valence-corrected chi connectivity index (χ3v) is 4.11. The van der Waals surface area contributed by atoms with Crippen LogP contribution in [0.1, 0.15) is 37.9 Å². The highest BCUT2D eigenvalue weighted by Crippen LogP contribution is 2.18. The highest BCUT2D eigenvalue weighted by molar-refractivity contribution is 5.78. The lowest BCUT2D eigenvalue weighted by Gasteiger charge is -2.22. The van der Waals surface area contributed by atoms with Gasteiger partial charge in [-0.25, -0.2) is 0 Å². The molecule has 2 aromatic rings. The lowest BCUT2D eigenvalue weighted by molar-refractivity contribution is -0.121. The summed E-state index contributed by atoms with van der Waals surface area (Å²) in [6.45, 7) is 0. The van der Waals surface area contributed by atoms with Crippen molar-refractivity contribution in [2.24, 2.45) is 7.05 Å². The molecule has 0 radical (unpaired) electrons. The Kier molecular flexibility index (Phi) is 4.55. The predicted molar refractivity (Wildman–Crippen MR) is 83.7 cm³/mol. The number of carbonyl (C=O) groups excluding carboxylic acids is 1. The standard InChI is InChI=1S/C16H20N4O3/c1-20-8-7-11(9-15(20)22)16-18-13(19-23-16)10-14(21)17-12-5-3-2-4-6-12/h7-9,12H,2-6,10H2,1H3,(H,17,21). The van der Waals surface area contributed by atoms with E-state index in [9.17, 15) is 9.59 Å². The fourth-order valence-electron chi connectivity index (χ4n) is 2.79. The van der Waals surface area contributed by atoms with Crippen molar-refractivity contribution >= 4 is 5.91 Å². The predicted octanol–water partition coefficient (Wildman–Crippen LogP) is 1.43. The lowest BCUT2D eigenvalue weighted by Crippen LogP contribution is -2.37. The number of rotatable bonds is 4. The van der Waals surface area contributed by atoms with Gasteiger partial charge in [0.1, 0.15) is 0 Å². The van der Waals surface area contributed by atoms with Gasteiger partial charge in [0.25, 0.3) is 11.4 Å². The molecule has 1 saturated carbocycles. The molecule has 0 spiro atoms. The quantitative estimate of drug-likeness (QED) is 0.921. The van der Waals surface area contributed by atoms with Gasteiger partial charge in [0.2, 0.25) is 5.91 Å². The van der Waals surface area contributed by atoms with Gasteiger partial charge in [-0.2, -0.15) is 4.98 Å². The smallest absolute Gasteiger partial charge is 0.258 e. The largest absolute Gasteiger partial charge is 0.353 e. The van der Waals surface area contributed by atoms with E-state index in [1.165, 1.54) is 29.9 Å². The van der Waals surface area contributed by atoms with Crippen molar-refractivity contribution in [2.45, 2.75) is 44.6 Å². The minimum Gasteiger partial charge on any atom is -0.353 e. The molecular weight excluding hydrogens is 296 g/mol. The molecule has 1 aliphatic carbocycles. The Morgan fingerprint density at radius 1 is 1.39 bits per heavy atom. The van der Waals surface area contributed by atoms with Crippen LogP contribution < -0.4 is 10.9 Å². The van der Waals surface area contributed by atoms with E-state index in [0.29, 0.717) is 11.4 Å². The van der Waals surface area contributed by atoms with Gasteiger partial charge in [-0.1, -0.05) is 24.4 Å². The van der Waals surface area contributed by atoms with Crippen LogP contribution in [0.3, 0.4) is 0 Å². The van der Waals surface area contributed by atoms with Crippen LogP contribution in [-0.4, -0.2) is 26.7 Å². The van der Waals surface area contributed by atoms with Gasteiger partial charge in [0.15, 0.2) is 5.82 Å². The van der Waals surface area contributed by atoms with E-state index in [-0.39, 0.29) is 29.8 Å². The number of pyridine rings is 1. The summed E-state index contributed by atoms with van der Waals surface area (Å²) in [5, 5.41) is 6.84. The summed E-state index contributed by atoms with van der Waals surface area (Å²) in [5.41, 5.74) is 0.400. The topological polar surface area (TPSA) is 90.0 Å². The molecule has 0 saturated heterocycles. The molecule has 1 amide bonds. The molecule has 0 bridgehead atoms. The van der Waals surface area contributed by atoms with Crippen LogP contribution in [-0.2, 0) is 18.3 Å². The SMILES string of the molecule is Cn1ccc(-c2nc(CC(=O)NC3CCCCC3)no2)cc1=O. The second-order valence-corrected chi connectivity index (χ2v) is 5.96. The van der Waals surface area contributed by atoms with Gasteiger partial charge in [-0.15, -0.1) is 0 Å². The Morgan fingerprint density at radius 3 is 2.91 bits per heavy atom. The summed E-state index contributed by atoms with van der Waals surface area (Å²) in [6, 6.07) is 3.42. The van der Waals surface area contributed by atoms with Gasteiger partial charge >= 0.3 is 0 Å². The first kappa shape index (κ1) is 15.5. The Bertz CT molecular complexity index is 744. The molecule has 1 N–H and O–H groups in total. The van der Waals surface area contributed by atoms with Crippen molar-refractivity contribution < 1.29 is 9.32 Å². The molecule has 2 aromatic heterocycles. The number of nitrogens with zero attached hydrogens (tertiary/aromatic N) is 3. The first-order valence-electron chi connectivity index (χ1n) is 7.91. The van der Waals surface area contributed by atoms with E-state index >= 15 is 0 Å². The number of nitrogens with one attached hydrogen (secondary N) is 1. The third kappa shape index (κ3) is 3.85. The van der Waals surface area contributed by atoms with Crippen LogP contribution in [0.15, 0.2) is 27.6 Å². The maximum absolute atomic E-state index is 12.0. The van der Waals surface area contributed by atoms with Crippen molar-refractivity contribution in [1.82, 2.24) is 20.0 Å². The van der Waals surface area contributed by atoms with E-state index in [0.717, 1.165) is 12.8 Å². The summed E-state index contributed by atoms with van der Waals surface area (Å²) in [7, 11) is 1.67. The van der Waals surface area contributed by atoms with Gasteiger partial charge in [0.05, 0.1) is 6.42 Å². The monoisotopic (exact) mass is 316 g/mol. The molecule has 0 aliphatic heterocycles. The fraction of sp³-hybridized carbons (Fsp3) is 0.500. The van der Waals surface area contributed by atoms with Crippen LogP contribution in [0.25, 0.3) is 11.5 Å². The molecule has 0 aromatic carbocycles. The van der Waals surface area contributed by atoms with Crippen molar-refractivity contribution in [3.05, 3.63) is 34.5 Å². The summed E-state index contributed by atoms with van der Waals surface area (Å²) in [4.78, 5) is 27.9. The molecule has 0 atom stereocenters. The minimum absolute atomic E-state index is 0.0881. The van der Waals surface area contributed by atoms with Crippen LogP contribution in [0.5, 0.6) is 0 Å². The first-order chi connectivity index (χ1) is 11.1. The summed E-state index contributed by atoms with van der Waals surface area (Å²) >= 11 is 0.